The van der Waals surface area contributed by atoms with Crippen LogP contribution in [0.15, 0.2) is 89.7 Å². The number of aromatic nitrogens is 5. The summed E-state index contributed by atoms with van der Waals surface area (Å²) in [5.41, 5.74) is 3.66. The van der Waals surface area contributed by atoms with E-state index in [4.69, 9.17) is 4.74 Å². The molecule has 1 atom stereocenters. The lowest BCUT2D eigenvalue weighted by Crippen LogP contribution is -2.48. The summed E-state index contributed by atoms with van der Waals surface area (Å²) >= 11 is 0. The van der Waals surface area contributed by atoms with Gasteiger partial charge in [-0.3, -0.25) is 14.6 Å². The van der Waals surface area contributed by atoms with Gasteiger partial charge in [0.1, 0.15) is 11.8 Å². The molecule has 5 aromatic rings. The lowest BCUT2D eigenvalue weighted by Gasteiger charge is -2.38. The SMILES string of the molecule is CCOc1ccc2[nH]c(=O)c(C(c3nnnn3Cc3ccccc3)N3CCN(Cc4ccccc4)CC3)cc2c1. The van der Waals surface area contributed by atoms with Crippen LogP contribution >= 0.6 is 0 Å². The van der Waals surface area contributed by atoms with Gasteiger partial charge in [-0.1, -0.05) is 60.7 Å². The Morgan fingerprint density at radius 3 is 2.27 bits per heavy atom. The van der Waals surface area contributed by atoms with E-state index in [0.717, 1.165) is 54.9 Å². The van der Waals surface area contributed by atoms with E-state index in [1.54, 1.807) is 0 Å². The third-order valence-corrected chi connectivity index (χ3v) is 7.45. The summed E-state index contributed by atoms with van der Waals surface area (Å²) in [6.45, 7) is 7.29. The first kappa shape index (κ1) is 25.9. The largest absolute Gasteiger partial charge is 0.494 e. The Hall–Kier alpha value is -4.34. The summed E-state index contributed by atoms with van der Waals surface area (Å²) in [5, 5.41) is 13.8. The molecule has 1 N–H and O–H groups in total. The third-order valence-electron chi connectivity index (χ3n) is 7.45. The maximum Gasteiger partial charge on any atom is 0.253 e. The van der Waals surface area contributed by atoms with Gasteiger partial charge in [0.25, 0.3) is 5.56 Å². The number of H-pyrrole nitrogens is 1. The second kappa shape index (κ2) is 11.8. The molecule has 1 unspecified atom stereocenters. The van der Waals surface area contributed by atoms with Gasteiger partial charge in [0, 0.05) is 49.2 Å². The zero-order valence-electron chi connectivity index (χ0n) is 22.6. The van der Waals surface area contributed by atoms with Crippen molar-refractivity contribution in [3.8, 4) is 5.75 Å². The van der Waals surface area contributed by atoms with Crippen molar-refractivity contribution in [2.45, 2.75) is 26.1 Å². The molecule has 1 fully saturated rings. The van der Waals surface area contributed by atoms with Gasteiger partial charge in [-0.05, 0) is 52.7 Å². The number of pyridine rings is 1. The van der Waals surface area contributed by atoms with Crippen LogP contribution in [0.1, 0.15) is 35.5 Å². The van der Waals surface area contributed by atoms with Crippen LogP contribution in [-0.4, -0.2) is 67.8 Å². The number of aromatic amines is 1. The standard InChI is InChI=1S/C31H33N7O2/c1-2-40-26-13-14-28-25(19-26)20-27(31(39)32-28)29(30-33-34-35-38(30)22-24-11-7-4-8-12-24)37-17-15-36(16-18-37)21-23-9-5-3-6-10-23/h3-14,19-20,29H,2,15-18,21-22H2,1H3,(H,32,39). The first-order valence-electron chi connectivity index (χ1n) is 13.8. The zero-order chi connectivity index (χ0) is 27.3. The number of piperazine rings is 1. The summed E-state index contributed by atoms with van der Waals surface area (Å²) in [4.78, 5) is 21.5. The molecular weight excluding hydrogens is 502 g/mol. The molecule has 9 nitrogen and oxygen atoms in total. The van der Waals surface area contributed by atoms with Crippen LogP contribution in [0.25, 0.3) is 10.9 Å². The Labute approximate surface area is 233 Å². The monoisotopic (exact) mass is 535 g/mol. The maximum absolute atomic E-state index is 13.6. The van der Waals surface area contributed by atoms with Gasteiger partial charge in [0.15, 0.2) is 5.82 Å². The quantitative estimate of drug-likeness (QED) is 0.306. The van der Waals surface area contributed by atoms with Gasteiger partial charge >= 0.3 is 0 Å². The van der Waals surface area contributed by atoms with Crippen LogP contribution < -0.4 is 10.3 Å². The second-order valence-electron chi connectivity index (χ2n) is 10.1. The van der Waals surface area contributed by atoms with Crippen molar-refractivity contribution >= 4 is 10.9 Å². The highest BCUT2D eigenvalue weighted by molar-refractivity contribution is 5.80. The molecule has 0 amide bonds. The Bertz CT molecular complexity index is 1610. The van der Waals surface area contributed by atoms with Crippen molar-refractivity contribution < 1.29 is 4.74 Å². The van der Waals surface area contributed by atoms with Crippen LogP contribution in [0.3, 0.4) is 0 Å². The van der Waals surface area contributed by atoms with Crippen LogP contribution in [0.5, 0.6) is 5.75 Å². The highest BCUT2D eigenvalue weighted by Gasteiger charge is 2.32. The van der Waals surface area contributed by atoms with E-state index in [-0.39, 0.29) is 5.56 Å². The van der Waals surface area contributed by atoms with Crippen LogP contribution in [-0.2, 0) is 13.1 Å². The fourth-order valence-electron chi connectivity index (χ4n) is 5.46. The fourth-order valence-corrected chi connectivity index (χ4v) is 5.46. The van der Waals surface area contributed by atoms with Crippen molar-refractivity contribution in [2.24, 2.45) is 0 Å². The molecular formula is C31H33N7O2. The number of tetrazole rings is 1. The molecule has 40 heavy (non-hydrogen) atoms. The lowest BCUT2D eigenvalue weighted by atomic mass is 10.0. The number of nitrogens with one attached hydrogen (secondary N) is 1. The van der Waals surface area contributed by atoms with E-state index >= 15 is 0 Å². The number of fused-ring (bicyclic) bond motifs is 1. The normalized spacial score (nSPS) is 15.3. The van der Waals surface area contributed by atoms with E-state index in [1.165, 1.54) is 5.56 Å². The Kier molecular flexibility index (Phi) is 7.65. The minimum absolute atomic E-state index is 0.136. The molecule has 9 heteroatoms. The van der Waals surface area contributed by atoms with E-state index in [0.29, 0.717) is 24.5 Å². The first-order chi connectivity index (χ1) is 19.7. The van der Waals surface area contributed by atoms with E-state index in [9.17, 15) is 4.79 Å². The number of rotatable bonds is 9. The molecule has 0 radical (unpaired) electrons. The second-order valence-corrected chi connectivity index (χ2v) is 10.1. The van der Waals surface area contributed by atoms with E-state index in [2.05, 4.69) is 66.7 Å². The Morgan fingerprint density at radius 1 is 0.875 bits per heavy atom. The van der Waals surface area contributed by atoms with Crippen LogP contribution in [0, 0.1) is 0 Å². The summed E-state index contributed by atoms with van der Waals surface area (Å²) in [6.07, 6.45) is 0. The number of nitrogens with zero attached hydrogens (tertiary/aromatic N) is 6. The predicted molar refractivity (Wildman–Crippen MR) is 154 cm³/mol. The van der Waals surface area contributed by atoms with Gasteiger partial charge in [-0.25, -0.2) is 4.68 Å². The summed E-state index contributed by atoms with van der Waals surface area (Å²) in [5.74, 6) is 1.43. The third kappa shape index (κ3) is 5.66. The van der Waals surface area contributed by atoms with Gasteiger partial charge < -0.3 is 9.72 Å². The minimum atomic E-state index is -0.401. The molecule has 1 aliphatic rings. The maximum atomic E-state index is 13.6. The summed E-state index contributed by atoms with van der Waals surface area (Å²) < 4.78 is 7.55. The molecule has 1 aliphatic heterocycles. The molecule has 2 aromatic heterocycles. The van der Waals surface area contributed by atoms with Gasteiger partial charge in [-0.15, -0.1) is 5.10 Å². The van der Waals surface area contributed by atoms with Crippen molar-refractivity contribution in [3.63, 3.8) is 0 Å². The average Bonchev–Trinajstić information content (AvgIpc) is 3.43. The van der Waals surface area contributed by atoms with Gasteiger partial charge in [-0.2, -0.15) is 0 Å². The number of ether oxygens (including phenoxy) is 1. The van der Waals surface area contributed by atoms with Gasteiger partial charge in [0.2, 0.25) is 0 Å². The van der Waals surface area contributed by atoms with Crippen molar-refractivity contribution in [2.75, 3.05) is 32.8 Å². The van der Waals surface area contributed by atoms with Crippen molar-refractivity contribution in [3.05, 3.63) is 118 Å². The zero-order valence-corrected chi connectivity index (χ0v) is 22.6. The number of benzene rings is 3. The highest BCUT2D eigenvalue weighted by Crippen LogP contribution is 2.29. The number of hydrogen-bond donors (Lipinski definition) is 1. The molecule has 0 spiro atoms. The fraction of sp³-hybridized carbons (Fsp3) is 0.290. The van der Waals surface area contributed by atoms with Crippen LogP contribution in [0.4, 0.5) is 0 Å². The molecule has 6 rings (SSSR count). The topological polar surface area (TPSA) is 92.2 Å². The summed E-state index contributed by atoms with van der Waals surface area (Å²) in [7, 11) is 0. The molecule has 1 saturated heterocycles. The summed E-state index contributed by atoms with van der Waals surface area (Å²) in [6, 6.07) is 28.0. The highest BCUT2D eigenvalue weighted by atomic mass is 16.5. The molecule has 204 valence electrons. The van der Waals surface area contributed by atoms with E-state index in [1.807, 2.05) is 60.1 Å². The molecule has 0 saturated carbocycles. The molecule has 0 aliphatic carbocycles. The van der Waals surface area contributed by atoms with Crippen molar-refractivity contribution in [1.82, 2.24) is 35.0 Å². The molecule has 3 aromatic carbocycles. The Morgan fingerprint density at radius 2 is 1.57 bits per heavy atom. The number of hydrogen-bond acceptors (Lipinski definition) is 7. The molecule has 0 bridgehead atoms. The average molecular weight is 536 g/mol. The van der Waals surface area contributed by atoms with E-state index < -0.39 is 6.04 Å². The first-order valence-corrected chi connectivity index (χ1v) is 13.8. The van der Waals surface area contributed by atoms with Crippen LogP contribution in [0.2, 0.25) is 0 Å². The smallest absolute Gasteiger partial charge is 0.253 e. The lowest BCUT2D eigenvalue weighted by molar-refractivity contribution is 0.0998. The predicted octanol–water partition coefficient (Wildman–Crippen LogP) is 3.87. The van der Waals surface area contributed by atoms with Crippen molar-refractivity contribution in [1.29, 1.82) is 0 Å². The molecule has 3 heterocycles. The van der Waals surface area contributed by atoms with Gasteiger partial charge in [0.05, 0.1) is 13.2 Å². The minimum Gasteiger partial charge on any atom is -0.494 e. The Balaban J connectivity index is 1.35.